The highest BCUT2D eigenvalue weighted by Crippen LogP contribution is 2.20. The molecule has 0 saturated heterocycles. The molecular weight excluding hydrogens is 356 g/mol. The summed E-state index contributed by atoms with van der Waals surface area (Å²) in [5.74, 6) is 0. The van der Waals surface area contributed by atoms with E-state index in [4.69, 9.17) is 0 Å². The van der Waals surface area contributed by atoms with E-state index in [2.05, 4.69) is 9.97 Å². The number of hydrogen-bond acceptors (Lipinski definition) is 5. The van der Waals surface area contributed by atoms with Crippen molar-refractivity contribution in [1.29, 1.82) is 0 Å². The highest BCUT2D eigenvalue weighted by molar-refractivity contribution is 5.77. The molecule has 3 aromatic heterocycles. The molecule has 0 unspecified atom stereocenters. The second kappa shape index (κ2) is 7.40. The summed E-state index contributed by atoms with van der Waals surface area (Å²) in [7, 11) is 0. The van der Waals surface area contributed by atoms with Gasteiger partial charge in [0.15, 0.2) is 0 Å². The molecule has 0 fully saturated rings. The molecule has 1 aromatic carbocycles. The number of pyridine rings is 3. The monoisotopic (exact) mass is 372 g/mol. The Morgan fingerprint density at radius 2 is 1.79 bits per heavy atom. The van der Waals surface area contributed by atoms with Gasteiger partial charge in [-0.1, -0.05) is 12.1 Å². The second-order valence-electron chi connectivity index (χ2n) is 6.32. The van der Waals surface area contributed by atoms with Crippen molar-refractivity contribution in [1.82, 2.24) is 14.5 Å². The Kier molecular flexibility index (Phi) is 4.63. The summed E-state index contributed by atoms with van der Waals surface area (Å²) in [6, 6.07) is 17.2. The summed E-state index contributed by atoms with van der Waals surface area (Å²) in [6.45, 7) is 0. The molecule has 138 valence electrons. The molecule has 0 radical (unpaired) electrons. The number of rotatable bonds is 5. The first-order valence-corrected chi connectivity index (χ1v) is 8.78. The Hall–Kier alpha value is -3.87. The standard InChI is InChI=1S/C21H16N4O3/c26-21-16(9-10-17-6-1-2-11-22-17)13-15-5-4-12-23-20(15)24(21)18-7-3-8-19(14-18)25(27)28/h1-8,11-14H,9-10H2. The average Bonchev–Trinajstić information content (AvgIpc) is 2.73. The van der Waals surface area contributed by atoms with Crippen LogP contribution in [0.4, 0.5) is 5.69 Å². The van der Waals surface area contributed by atoms with E-state index < -0.39 is 4.92 Å². The topological polar surface area (TPSA) is 90.9 Å². The molecule has 0 spiro atoms. The quantitative estimate of drug-likeness (QED) is 0.395. The molecule has 0 aliphatic rings. The molecule has 0 saturated carbocycles. The molecule has 4 rings (SSSR count). The van der Waals surface area contributed by atoms with Gasteiger partial charge >= 0.3 is 0 Å². The van der Waals surface area contributed by atoms with E-state index in [1.165, 1.54) is 16.7 Å². The highest BCUT2D eigenvalue weighted by atomic mass is 16.6. The fourth-order valence-corrected chi connectivity index (χ4v) is 3.17. The van der Waals surface area contributed by atoms with E-state index in [9.17, 15) is 14.9 Å². The van der Waals surface area contributed by atoms with Crippen LogP contribution in [0.3, 0.4) is 0 Å². The normalized spacial score (nSPS) is 10.9. The molecule has 0 amide bonds. The van der Waals surface area contributed by atoms with Crippen LogP contribution in [0.25, 0.3) is 16.7 Å². The Morgan fingerprint density at radius 1 is 0.929 bits per heavy atom. The molecule has 0 aliphatic carbocycles. The maximum absolute atomic E-state index is 13.2. The lowest BCUT2D eigenvalue weighted by Gasteiger charge is -2.12. The fraction of sp³-hybridized carbons (Fsp3) is 0.0952. The molecule has 28 heavy (non-hydrogen) atoms. The van der Waals surface area contributed by atoms with Crippen LogP contribution in [0, 0.1) is 10.1 Å². The van der Waals surface area contributed by atoms with Gasteiger partial charge in [0.1, 0.15) is 5.65 Å². The van der Waals surface area contributed by atoms with E-state index >= 15 is 0 Å². The summed E-state index contributed by atoms with van der Waals surface area (Å²) >= 11 is 0. The fourth-order valence-electron chi connectivity index (χ4n) is 3.17. The van der Waals surface area contributed by atoms with E-state index in [0.29, 0.717) is 29.7 Å². The molecule has 7 nitrogen and oxygen atoms in total. The van der Waals surface area contributed by atoms with Crippen molar-refractivity contribution in [2.45, 2.75) is 12.8 Å². The zero-order chi connectivity index (χ0) is 19.5. The van der Waals surface area contributed by atoms with Gasteiger partial charge in [-0.15, -0.1) is 0 Å². The molecule has 4 aromatic rings. The smallest absolute Gasteiger partial charge is 0.269 e. The molecule has 7 heteroatoms. The number of nitro groups is 1. The molecule has 0 atom stereocenters. The molecular formula is C21H16N4O3. The second-order valence-corrected chi connectivity index (χ2v) is 6.32. The van der Waals surface area contributed by atoms with Gasteiger partial charge in [-0.3, -0.25) is 24.5 Å². The minimum absolute atomic E-state index is 0.0765. The Balaban J connectivity index is 1.85. The lowest BCUT2D eigenvalue weighted by molar-refractivity contribution is -0.384. The SMILES string of the molecule is O=c1c(CCc2ccccn2)cc2cccnc2n1-c1cccc([N+](=O)[O-])c1. The van der Waals surface area contributed by atoms with E-state index in [0.717, 1.165) is 11.1 Å². The number of benzene rings is 1. The summed E-state index contributed by atoms with van der Waals surface area (Å²) in [5, 5.41) is 12.0. The molecule has 0 bridgehead atoms. The molecule has 0 N–H and O–H groups in total. The van der Waals surface area contributed by atoms with Crippen molar-refractivity contribution in [3.05, 3.63) is 105 Å². The zero-order valence-corrected chi connectivity index (χ0v) is 14.9. The first kappa shape index (κ1) is 17.5. The minimum Gasteiger partial charge on any atom is -0.269 e. The molecule has 3 heterocycles. The van der Waals surface area contributed by atoms with Gasteiger partial charge in [0, 0.05) is 41.2 Å². The van der Waals surface area contributed by atoms with Crippen LogP contribution in [0.15, 0.2) is 77.9 Å². The maximum Gasteiger partial charge on any atom is 0.271 e. The number of aromatic nitrogens is 3. The van der Waals surface area contributed by atoms with Crippen LogP contribution in [-0.2, 0) is 12.8 Å². The lowest BCUT2D eigenvalue weighted by atomic mass is 10.1. The zero-order valence-electron chi connectivity index (χ0n) is 14.9. The van der Waals surface area contributed by atoms with Crippen molar-refractivity contribution in [2.75, 3.05) is 0 Å². The van der Waals surface area contributed by atoms with Crippen molar-refractivity contribution >= 4 is 16.7 Å². The van der Waals surface area contributed by atoms with Crippen LogP contribution in [-0.4, -0.2) is 19.5 Å². The Bertz CT molecular complexity index is 1220. The van der Waals surface area contributed by atoms with Crippen LogP contribution in [0.5, 0.6) is 0 Å². The summed E-state index contributed by atoms with van der Waals surface area (Å²) in [5.41, 5.74) is 2.08. The lowest BCUT2D eigenvalue weighted by Crippen LogP contribution is -2.24. The number of hydrogen-bond donors (Lipinski definition) is 0. The highest BCUT2D eigenvalue weighted by Gasteiger charge is 2.14. The number of nitrogens with zero attached hydrogens (tertiary/aromatic N) is 4. The van der Waals surface area contributed by atoms with Crippen molar-refractivity contribution in [3.63, 3.8) is 0 Å². The van der Waals surface area contributed by atoms with Crippen LogP contribution < -0.4 is 5.56 Å². The third kappa shape index (κ3) is 3.37. The Morgan fingerprint density at radius 3 is 2.57 bits per heavy atom. The number of nitro benzene ring substituents is 1. The first-order valence-electron chi connectivity index (χ1n) is 8.78. The number of non-ortho nitro benzene ring substituents is 1. The predicted molar refractivity (Wildman–Crippen MR) is 106 cm³/mol. The van der Waals surface area contributed by atoms with E-state index in [1.54, 1.807) is 30.6 Å². The van der Waals surface area contributed by atoms with Gasteiger partial charge in [0.05, 0.1) is 10.6 Å². The summed E-state index contributed by atoms with van der Waals surface area (Å²) in [6.07, 6.45) is 4.45. The van der Waals surface area contributed by atoms with Crippen molar-refractivity contribution in [2.24, 2.45) is 0 Å². The predicted octanol–water partition coefficient (Wildman–Crippen LogP) is 3.47. The average molecular weight is 372 g/mol. The molecule has 0 aliphatic heterocycles. The summed E-state index contributed by atoms with van der Waals surface area (Å²) < 4.78 is 1.44. The van der Waals surface area contributed by atoms with Crippen molar-refractivity contribution in [3.8, 4) is 5.69 Å². The van der Waals surface area contributed by atoms with Crippen molar-refractivity contribution < 1.29 is 4.92 Å². The van der Waals surface area contributed by atoms with Gasteiger partial charge in [0.2, 0.25) is 0 Å². The van der Waals surface area contributed by atoms with Crippen LogP contribution in [0.1, 0.15) is 11.3 Å². The van der Waals surface area contributed by atoms with Gasteiger partial charge < -0.3 is 0 Å². The minimum atomic E-state index is -0.477. The van der Waals surface area contributed by atoms with E-state index in [-0.39, 0.29) is 11.2 Å². The van der Waals surface area contributed by atoms with Gasteiger partial charge in [-0.25, -0.2) is 4.98 Å². The largest absolute Gasteiger partial charge is 0.271 e. The van der Waals surface area contributed by atoms with Crippen LogP contribution >= 0.6 is 0 Å². The maximum atomic E-state index is 13.2. The summed E-state index contributed by atoms with van der Waals surface area (Å²) in [4.78, 5) is 32.5. The van der Waals surface area contributed by atoms with Gasteiger partial charge in [0.25, 0.3) is 11.2 Å². The van der Waals surface area contributed by atoms with Gasteiger partial charge in [-0.2, -0.15) is 0 Å². The third-order valence-electron chi connectivity index (χ3n) is 4.51. The Labute approximate surface area is 160 Å². The third-order valence-corrected chi connectivity index (χ3v) is 4.51. The van der Waals surface area contributed by atoms with E-state index in [1.807, 2.05) is 30.3 Å². The van der Waals surface area contributed by atoms with Gasteiger partial charge in [-0.05, 0) is 49.2 Å². The number of fused-ring (bicyclic) bond motifs is 1. The first-order chi connectivity index (χ1) is 13.6. The van der Waals surface area contributed by atoms with Crippen LogP contribution in [0.2, 0.25) is 0 Å². The number of aryl methyl sites for hydroxylation is 2.